The maximum absolute atomic E-state index is 12.9. The summed E-state index contributed by atoms with van der Waals surface area (Å²) in [6.45, 7) is 12.5. The van der Waals surface area contributed by atoms with Gasteiger partial charge in [0, 0.05) is 57.3 Å². The number of carboxylic acid groups (broad SMARTS) is 1. The largest absolute Gasteiger partial charge is 0.491 e. The number of carbonyl (C=O) groups is 1. The highest BCUT2D eigenvalue weighted by atomic mass is 16.5. The number of methoxy groups -OCH3 is 1. The molecule has 2 rings (SSSR count). The third-order valence-electron chi connectivity index (χ3n) is 6.38. The van der Waals surface area contributed by atoms with Crippen LogP contribution < -0.4 is 5.43 Å². The molecular formula is C29H42N2O5. The van der Waals surface area contributed by atoms with Gasteiger partial charge in [0.25, 0.3) is 0 Å². The summed E-state index contributed by atoms with van der Waals surface area (Å²) >= 11 is 0. The van der Waals surface area contributed by atoms with E-state index in [1.807, 2.05) is 22.8 Å². The first-order valence-corrected chi connectivity index (χ1v) is 12.8. The predicted octanol–water partition coefficient (Wildman–Crippen LogP) is 5.61. The Bertz CT molecular complexity index is 1090. The van der Waals surface area contributed by atoms with E-state index in [1.165, 1.54) is 12.3 Å². The van der Waals surface area contributed by atoms with Crippen molar-refractivity contribution in [3.8, 4) is 0 Å². The molecule has 7 heteroatoms. The van der Waals surface area contributed by atoms with Gasteiger partial charge >= 0.3 is 5.97 Å². The van der Waals surface area contributed by atoms with Gasteiger partial charge in [-0.1, -0.05) is 46.8 Å². The molecule has 1 heterocycles. The summed E-state index contributed by atoms with van der Waals surface area (Å²) in [5.74, 6) is 0.374. The fourth-order valence-corrected chi connectivity index (χ4v) is 4.67. The molecule has 0 aromatic carbocycles. The number of aromatic carboxylic acids is 1. The van der Waals surface area contributed by atoms with Crippen molar-refractivity contribution in [1.82, 2.24) is 4.57 Å². The van der Waals surface area contributed by atoms with E-state index in [2.05, 4.69) is 39.6 Å². The molecule has 0 spiro atoms. The monoisotopic (exact) mass is 498 g/mol. The topological polar surface area (TPSA) is 90.1 Å². The van der Waals surface area contributed by atoms with Crippen molar-refractivity contribution >= 4 is 17.3 Å². The normalized spacial score (nSPS) is 17.8. The minimum absolute atomic E-state index is 0.0935. The van der Waals surface area contributed by atoms with E-state index in [0.29, 0.717) is 37.4 Å². The Hall–Kier alpha value is -2.93. The summed E-state index contributed by atoms with van der Waals surface area (Å²) in [7, 11) is 3.40. The number of aromatic nitrogens is 1. The van der Waals surface area contributed by atoms with Crippen LogP contribution in [-0.2, 0) is 16.0 Å². The van der Waals surface area contributed by atoms with E-state index in [9.17, 15) is 14.7 Å². The van der Waals surface area contributed by atoms with Crippen LogP contribution in [0.5, 0.6) is 0 Å². The molecular weight excluding hydrogens is 456 g/mol. The number of hydrogen-bond acceptors (Lipinski definition) is 5. The molecule has 1 aliphatic carbocycles. The molecule has 1 N–H and O–H groups in total. The van der Waals surface area contributed by atoms with Crippen molar-refractivity contribution in [2.45, 2.75) is 60.4 Å². The van der Waals surface area contributed by atoms with E-state index >= 15 is 0 Å². The van der Waals surface area contributed by atoms with Gasteiger partial charge in [-0.15, -0.1) is 0 Å². The molecule has 0 saturated carbocycles. The fraction of sp³-hybridized carbons (Fsp3) is 0.552. The first-order valence-electron chi connectivity index (χ1n) is 12.8. The lowest BCUT2D eigenvalue weighted by Crippen LogP contribution is -2.24. The summed E-state index contributed by atoms with van der Waals surface area (Å²) in [6.07, 6.45) is 9.94. The van der Waals surface area contributed by atoms with Crippen molar-refractivity contribution in [2.24, 2.45) is 22.7 Å². The maximum Gasteiger partial charge on any atom is 0.341 e. The summed E-state index contributed by atoms with van der Waals surface area (Å²) in [4.78, 5) is 29.3. The van der Waals surface area contributed by atoms with Crippen LogP contribution in [-0.4, -0.2) is 48.7 Å². The lowest BCUT2D eigenvalue weighted by molar-refractivity contribution is 0.0694. The number of rotatable bonds is 13. The standard InChI is InChI=1S/C29H42N2O5/c1-8-21(5)27(22-11-9-12-26(28(22)30-6)36-14-10-13-35-7)24-16-25(32)23(29(33)34)18-31(24)17-20(4)15-19(2)3/h9,11-12,16,18-21H,8,10,13-15,17H2,1-7H3,(H,33,34)/b27-22+,30-28?. The molecule has 0 radical (unpaired) electrons. The van der Waals surface area contributed by atoms with Gasteiger partial charge in [-0.25, -0.2) is 4.79 Å². The molecule has 2 atom stereocenters. The zero-order valence-corrected chi connectivity index (χ0v) is 22.8. The lowest BCUT2D eigenvalue weighted by Gasteiger charge is -2.27. The fourth-order valence-electron chi connectivity index (χ4n) is 4.67. The number of aliphatic imine (C=N–C) groups is 1. The highest BCUT2D eigenvalue weighted by molar-refractivity contribution is 6.18. The van der Waals surface area contributed by atoms with Gasteiger partial charge in [0.05, 0.1) is 6.61 Å². The molecule has 7 nitrogen and oxygen atoms in total. The Kier molecular flexibility index (Phi) is 11.4. The molecule has 2 unspecified atom stereocenters. The van der Waals surface area contributed by atoms with Gasteiger partial charge in [-0.3, -0.25) is 9.79 Å². The molecule has 0 aliphatic heterocycles. The van der Waals surface area contributed by atoms with E-state index in [4.69, 9.17) is 9.47 Å². The third kappa shape index (κ3) is 7.53. The molecule has 1 aliphatic rings. The minimum atomic E-state index is -1.21. The van der Waals surface area contributed by atoms with E-state index in [1.54, 1.807) is 14.2 Å². The summed E-state index contributed by atoms with van der Waals surface area (Å²) < 4.78 is 13.1. The smallest absolute Gasteiger partial charge is 0.341 e. The highest BCUT2D eigenvalue weighted by Crippen LogP contribution is 2.34. The predicted molar refractivity (Wildman–Crippen MR) is 146 cm³/mol. The van der Waals surface area contributed by atoms with Crippen molar-refractivity contribution in [3.05, 3.63) is 63.3 Å². The van der Waals surface area contributed by atoms with E-state index < -0.39 is 11.4 Å². The van der Waals surface area contributed by atoms with Crippen LogP contribution in [0.3, 0.4) is 0 Å². The summed E-state index contributed by atoms with van der Waals surface area (Å²) in [6, 6.07) is 1.48. The molecule has 1 aromatic rings. The van der Waals surface area contributed by atoms with Gasteiger partial charge < -0.3 is 19.1 Å². The number of hydrogen-bond donors (Lipinski definition) is 1. The Morgan fingerprint density at radius 3 is 2.50 bits per heavy atom. The van der Waals surface area contributed by atoms with Gasteiger partial charge in [-0.05, 0) is 42.2 Å². The van der Waals surface area contributed by atoms with Gasteiger partial charge in [0.1, 0.15) is 17.0 Å². The van der Waals surface area contributed by atoms with Crippen molar-refractivity contribution in [3.63, 3.8) is 0 Å². The second-order valence-corrected chi connectivity index (χ2v) is 9.92. The number of nitrogens with zero attached hydrogens (tertiary/aromatic N) is 2. The second-order valence-electron chi connectivity index (χ2n) is 9.92. The third-order valence-corrected chi connectivity index (χ3v) is 6.38. The van der Waals surface area contributed by atoms with Crippen LogP contribution in [0.1, 0.15) is 69.9 Å². The first-order chi connectivity index (χ1) is 17.1. The quantitative estimate of drug-likeness (QED) is 0.357. The number of pyridine rings is 1. The van der Waals surface area contributed by atoms with Crippen LogP contribution in [0.2, 0.25) is 0 Å². The Morgan fingerprint density at radius 1 is 1.19 bits per heavy atom. The lowest BCUT2D eigenvalue weighted by atomic mass is 9.86. The van der Waals surface area contributed by atoms with Crippen LogP contribution in [0.4, 0.5) is 0 Å². The zero-order chi connectivity index (χ0) is 26.8. The molecule has 0 bridgehead atoms. The minimum Gasteiger partial charge on any atom is -0.491 e. The van der Waals surface area contributed by atoms with Gasteiger partial charge in [0.15, 0.2) is 5.43 Å². The molecule has 0 amide bonds. The zero-order valence-electron chi connectivity index (χ0n) is 22.8. The van der Waals surface area contributed by atoms with Crippen LogP contribution in [0.15, 0.2) is 51.6 Å². The van der Waals surface area contributed by atoms with Crippen molar-refractivity contribution in [2.75, 3.05) is 27.4 Å². The Morgan fingerprint density at radius 2 is 1.92 bits per heavy atom. The highest BCUT2D eigenvalue weighted by Gasteiger charge is 2.26. The van der Waals surface area contributed by atoms with Gasteiger partial charge in [0.2, 0.25) is 0 Å². The SMILES string of the molecule is CCC(C)/C(=C1/C=CC=C(OCCCOC)C1=NC)c1cc(=O)c(C(=O)O)cn1CC(C)CC(C)C. The average Bonchev–Trinajstić information content (AvgIpc) is 2.82. The first kappa shape index (κ1) is 29.3. The number of allylic oxidation sites excluding steroid dienone is 5. The molecule has 1 aromatic heterocycles. The van der Waals surface area contributed by atoms with Crippen molar-refractivity contribution in [1.29, 1.82) is 0 Å². The Labute approximate surface area is 215 Å². The second kappa shape index (κ2) is 14.0. The average molecular weight is 499 g/mol. The van der Waals surface area contributed by atoms with Crippen LogP contribution >= 0.6 is 0 Å². The molecule has 0 fully saturated rings. The summed E-state index contributed by atoms with van der Waals surface area (Å²) in [5.41, 5.74) is 2.61. The maximum atomic E-state index is 12.9. The van der Waals surface area contributed by atoms with E-state index in [-0.39, 0.29) is 11.5 Å². The Balaban J connectivity index is 2.70. The van der Waals surface area contributed by atoms with Crippen molar-refractivity contribution < 1.29 is 19.4 Å². The van der Waals surface area contributed by atoms with Gasteiger partial charge in [-0.2, -0.15) is 0 Å². The number of ether oxygens (including phenoxy) is 2. The molecule has 36 heavy (non-hydrogen) atoms. The molecule has 0 saturated heterocycles. The van der Waals surface area contributed by atoms with Crippen LogP contribution in [0.25, 0.3) is 5.57 Å². The van der Waals surface area contributed by atoms with E-state index in [0.717, 1.165) is 41.8 Å². The van der Waals surface area contributed by atoms with Crippen LogP contribution in [0, 0.1) is 17.8 Å². The molecule has 198 valence electrons. The summed E-state index contributed by atoms with van der Waals surface area (Å²) in [5, 5.41) is 9.65. The number of carboxylic acids is 1.